The zero-order chi connectivity index (χ0) is 12.1. The smallest absolute Gasteiger partial charge is 0.224 e. The normalized spacial score (nSPS) is 15.5. The van der Waals surface area contributed by atoms with Crippen molar-refractivity contribution < 1.29 is 4.79 Å². The lowest BCUT2D eigenvalue weighted by molar-refractivity contribution is -0.120. The van der Waals surface area contributed by atoms with Crippen LogP contribution in [0.15, 0.2) is 27.6 Å². The number of amides is 1. The minimum atomic E-state index is 0.141. The molecular weight excluding hydrogens is 298 g/mol. The minimum absolute atomic E-state index is 0.141. The highest BCUT2D eigenvalue weighted by Gasteiger charge is 2.09. The molecule has 1 aromatic rings. The summed E-state index contributed by atoms with van der Waals surface area (Å²) in [5.41, 5.74) is 1.31. The summed E-state index contributed by atoms with van der Waals surface area (Å²) < 4.78 is 1.11. The van der Waals surface area contributed by atoms with E-state index >= 15 is 0 Å². The van der Waals surface area contributed by atoms with E-state index in [1.807, 2.05) is 12.1 Å². The summed E-state index contributed by atoms with van der Waals surface area (Å²) in [5.74, 6) is 0.141. The van der Waals surface area contributed by atoms with Crippen LogP contribution in [0.25, 0.3) is 0 Å². The molecule has 0 aliphatic heterocycles. The second kappa shape index (κ2) is 6.36. The summed E-state index contributed by atoms with van der Waals surface area (Å²) in [7, 11) is 0. The maximum atomic E-state index is 11.7. The summed E-state index contributed by atoms with van der Waals surface area (Å²) in [6.45, 7) is 0.641. The number of hydrogen-bond acceptors (Lipinski definition) is 2. The molecule has 1 heterocycles. The second-order valence-electron chi connectivity index (χ2n) is 4.27. The number of hydrogen-bond donors (Lipinski definition) is 1. The van der Waals surface area contributed by atoms with Gasteiger partial charge in [-0.1, -0.05) is 11.6 Å². The molecule has 2 nitrogen and oxygen atoms in total. The van der Waals surface area contributed by atoms with Crippen molar-refractivity contribution in [3.05, 3.63) is 32.4 Å². The van der Waals surface area contributed by atoms with Gasteiger partial charge in [-0.2, -0.15) is 0 Å². The van der Waals surface area contributed by atoms with Crippen molar-refractivity contribution in [1.29, 1.82) is 0 Å². The van der Waals surface area contributed by atoms with E-state index in [-0.39, 0.29) is 5.91 Å². The summed E-state index contributed by atoms with van der Waals surface area (Å²) in [6, 6.07) is 4.05. The molecule has 0 spiro atoms. The van der Waals surface area contributed by atoms with Crippen LogP contribution in [0.5, 0.6) is 0 Å². The van der Waals surface area contributed by atoms with Crippen molar-refractivity contribution in [2.24, 2.45) is 0 Å². The van der Waals surface area contributed by atoms with E-state index in [1.54, 1.807) is 11.3 Å². The lowest BCUT2D eigenvalue weighted by Crippen LogP contribution is -2.22. The van der Waals surface area contributed by atoms with Crippen LogP contribution in [0.4, 0.5) is 0 Å². The van der Waals surface area contributed by atoms with Crippen LogP contribution < -0.4 is 5.32 Å². The zero-order valence-corrected chi connectivity index (χ0v) is 12.1. The van der Waals surface area contributed by atoms with E-state index in [4.69, 9.17) is 0 Å². The number of carbonyl (C=O) groups excluding carboxylic acids is 1. The van der Waals surface area contributed by atoms with Crippen LogP contribution >= 0.6 is 27.3 Å². The third-order valence-electron chi connectivity index (χ3n) is 2.86. The third-order valence-corrected chi connectivity index (χ3v) is 4.48. The van der Waals surface area contributed by atoms with Crippen molar-refractivity contribution in [3.8, 4) is 0 Å². The molecule has 0 radical (unpaired) electrons. The van der Waals surface area contributed by atoms with E-state index in [9.17, 15) is 4.79 Å². The zero-order valence-electron chi connectivity index (χ0n) is 9.67. The second-order valence-corrected chi connectivity index (χ2v) is 6.82. The molecule has 1 aromatic heterocycles. The van der Waals surface area contributed by atoms with Crippen LogP contribution in [0.3, 0.4) is 0 Å². The predicted octanol–water partition coefficient (Wildman–Crippen LogP) is 4.02. The average Bonchev–Trinajstić information content (AvgIpc) is 2.74. The van der Waals surface area contributed by atoms with Crippen LogP contribution in [0.1, 0.15) is 37.0 Å². The molecule has 2 rings (SSSR count). The van der Waals surface area contributed by atoms with Crippen LogP contribution in [-0.2, 0) is 11.3 Å². The molecule has 1 aliphatic carbocycles. The monoisotopic (exact) mass is 313 g/mol. The fraction of sp³-hybridized carbons (Fsp3) is 0.462. The molecule has 1 N–H and O–H groups in total. The van der Waals surface area contributed by atoms with E-state index in [1.165, 1.54) is 23.3 Å². The van der Waals surface area contributed by atoms with Crippen LogP contribution in [0.2, 0.25) is 0 Å². The predicted molar refractivity (Wildman–Crippen MR) is 75.0 cm³/mol. The number of thiophene rings is 1. The number of nitrogens with one attached hydrogen (secondary N) is 1. The topological polar surface area (TPSA) is 29.1 Å². The van der Waals surface area contributed by atoms with E-state index in [0.29, 0.717) is 13.0 Å². The standard InChI is InChI=1S/C13H16BrNOS/c14-12-7-6-11(17-12)9-15-13(16)8-10-4-2-1-3-5-10/h4,6-7H,1-3,5,8-9H2,(H,15,16). The van der Waals surface area contributed by atoms with Crippen LogP contribution in [0, 0.1) is 0 Å². The SMILES string of the molecule is O=C(CC1=CCCCC1)NCc1ccc(Br)s1. The molecular formula is C13H16BrNOS. The lowest BCUT2D eigenvalue weighted by Gasteiger charge is -2.12. The molecule has 0 atom stereocenters. The maximum absolute atomic E-state index is 11.7. The van der Waals surface area contributed by atoms with Crippen molar-refractivity contribution in [2.45, 2.75) is 38.6 Å². The maximum Gasteiger partial charge on any atom is 0.224 e. The molecule has 17 heavy (non-hydrogen) atoms. The van der Waals surface area contributed by atoms with Crippen molar-refractivity contribution in [3.63, 3.8) is 0 Å². The van der Waals surface area contributed by atoms with Gasteiger partial charge in [0.2, 0.25) is 5.91 Å². The highest BCUT2D eigenvalue weighted by atomic mass is 79.9. The first kappa shape index (κ1) is 12.8. The summed E-state index contributed by atoms with van der Waals surface area (Å²) in [6.07, 6.45) is 7.54. The van der Waals surface area contributed by atoms with Crippen molar-refractivity contribution >= 4 is 33.2 Å². The molecule has 0 bridgehead atoms. The van der Waals surface area contributed by atoms with Gasteiger partial charge in [-0.25, -0.2) is 0 Å². The van der Waals surface area contributed by atoms with Gasteiger partial charge in [-0.05, 0) is 53.7 Å². The Morgan fingerprint density at radius 2 is 2.29 bits per heavy atom. The average molecular weight is 314 g/mol. The molecule has 1 aliphatic rings. The molecule has 0 aromatic carbocycles. The van der Waals surface area contributed by atoms with Crippen molar-refractivity contribution in [1.82, 2.24) is 5.32 Å². The van der Waals surface area contributed by atoms with Gasteiger partial charge in [0.1, 0.15) is 0 Å². The first-order valence-electron chi connectivity index (χ1n) is 5.93. The highest BCUT2D eigenvalue weighted by Crippen LogP contribution is 2.22. The van der Waals surface area contributed by atoms with E-state index in [0.717, 1.165) is 16.6 Å². The number of halogens is 1. The van der Waals surface area contributed by atoms with Gasteiger partial charge in [-0.3, -0.25) is 4.79 Å². The molecule has 92 valence electrons. The number of allylic oxidation sites excluding steroid dienone is 1. The number of rotatable bonds is 4. The van der Waals surface area contributed by atoms with Gasteiger partial charge in [0.15, 0.2) is 0 Å². The molecule has 4 heteroatoms. The van der Waals surface area contributed by atoms with Crippen LogP contribution in [-0.4, -0.2) is 5.91 Å². The summed E-state index contributed by atoms with van der Waals surface area (Å²) >= 11 is 5.08. The lowest BCUT2D eigenvalue weighted by atomic mass is 9.97. The number of carbonyl (C=O) groups is 1. The molecule has 0 saturated heterocycles. The molecule has 0 fully saturated rings. The summed E-state index contributed by atoms with van der Waals surface area (Å²) in [5, 5.41) is 2.97. The Hall–Kier alpha value is -0.610. The fourth-order valence-corrected chi connectivity index (χ4v) is 3.39. The third kappa shape index (κ3) is 4.28. The Morgan fingerprint density at radius 3 is 2.94 bits per heavy atom. The minimum Gasteiger partial charge on any atom is -0.351 e. The Kier molecular flexibility index (Phi) is 4.80. The van der Waals surface area contributed by atoms with Gasteiger partial charge in [-0.15, -0.1) is 11.3 Å². The first-order chi connectivity index (χ1) is 8.24. The fourth-order valence-electron chi connectivity index (χ4n) is 1.97. The molecule has 0 unspecified atom stereocenters. The Morgan fingerprint density at radius 1 is 1.41 bits per heavy atom. The Labute approximate surface area is 114 Å². The quantitative estimate of drug-likeness (QED) is 0.836. The summed E-state index contributed by atoms with van der Waals surface area (Å²) in [4.78, 5) is 12.9. The largest absolute Gasteiger partial charge is 0.351 e. The van der Waals surface area contributed by atoms with E-state index < -0.39 is 0 Å². The molecule has 0 saturated carbocycles. The Bertz CT molecular complexity index is 425. The van der Waals surface area contributed by atoms with Gasteiger partial charge in [0.25, 0.3) is 0 Å². The van der Waals surface area contributed by atoms with Gasteiger partial charge in [0, 0.05) is 11.3 Å². The van der Waals surface area contributed by atoms with Gasteiger partial charge >= 0.3 is 0 Å². The van der Waals surface area contributed by atoms with Gasteiger partial charge < -0.3 is 5.32 Å². The van der Waals surface area contributed by atoms with Crippen molar-refractivity contribution in [2.75, 3.05) is 0 Å². The van der Waals surface area contributed by atoms with Gasteiger partial charge in [0.05, 0.1) is 10.3 Å². The highest BCUT2D eigenvalue weighted by molar-refractivity contribution is 9.11. The van der Waals surface area contributed by atoms with E-state index in [2.05, 4.69) is 27.3 Å². The molecule has 1 amide bonds. The Balaban J connectivity index is 1.75. The first-order valence-corrected chi connectivity index (χ1v) is 7.54.